The van der Waals surface area contributed by atoms with E-state index >= 15 is 0 Å². The lowest BCUT2D eigenvalue weighted by atomic mass is 9.98. The molecule has 5 rings (SSSR count). The third kappa shape index (κ3) is 5.68. The smallest absolute Gasteiger partial charge is 0.220 e. The van der Waals surface area contributed by atoms with Gasteiger partial charge in [0.25, 0.3) is 0 Å². The molecule has 2 heterocycles. The fourth-order valence-electron chi connectivity index (χ4n) is 5.06. The van der Waals surface area contributed by atoms with E-state index in [1.807, 2.05) is 12.1 Å². The number of benzene rings is 3. The van der Waals surface area contributed by atoms with E-state index < -0.39 is 0 Å². The second kappa shape index (κ2) is 11.7. The molecule has 0 saturated carbocycles. The topological polar surface area (TPSA) is 83.2 Å². The van der Waals surface area contributed by atoms with Gasteiger partial charge in [0.1, 0.15) is 0 Å². The number of nitrogen functional groups attached to an aromatic ring is 2. The van der Waals surface area contributed by atoms with Gasteiger partial charge in [0.05, 0.1) is 10.8 Å². The SMILES string of the molecule is Cl.Nc1ccc2c(c1)c(-c1ccccc1)[n+](CCCNCCN1CCNCC1)c1cc(N)ccc21. The zero-order valence-corrected chi connectivity index (χ0v) is 21.0. The van der Waals surface area contributed by atoms with Gasteiger partial charge in [-0.25, -0.2) is 0 Å². The lowest BCUT2D eigenvalue weighted by Gasteiger charge is -2.27. The van der Waals surface area contributed by atoms with Crippen LogP contribution in [-0.4, -0.2) is 50.7 Å². The summed E-state index contributed by atoms with van der Waals surface area (Å²) in [7, 11) is 0. The number of hydrogen-bond donors (Lipinski definition) is 4. The Hall–Kier alpha value is -2.90. The molecule has 6 nitrogen and oxygen atoms in total. The monoisotopic (exact) mass is 491 g/mol. The summed E-state index contributed by atoms with van der Waals surface area (Å²) in [5.74, 6) is 0. The number of aromatic nitrogens is 1. The van der Waals surface area contributed by atoms with E-state index in [9.17, 15) is 0 Å². The minimum Gasteiger partial charge on any atom is -0.399 e. The Balaban J connectivity index is 0.00000289. The molecule has 1 aliphatic rings. The van der Waals surface area contributed by atoms with Crippen molar-refractivity contribution in [3.05, 3.63) is 66.7 Å². The van der Waals surface area contributed by atoms with Crippen molar-refractivity contribution in [3.8, 4) is 11.3 Å². The van der Waals surface area contributed by atoms with Crippen LogP contribution in [0.3, 0.4) is 0 Å². The van der Waals surface area contributed by atoms with E-state index in [-0.39, 0.29) is 12.4 Å². The number of anilines is 2. The predicted molar refractivity (Wildman–Crippen MR) is 150 cm³/mol. The van der Waals surface area contributed by atoms with Crippen molar-refractivity contribution in [1.82, 2.24) is 15.5 Å². The van der Waals surface area contributed by atoms with Gasteiger partial charge in [-0.3, -0.25) is 4.90 Å². The van der Waals surface area contributed by atoms with Crippen molar-refractivity contribution in [3.63, 3.8) is 0 Å². The van der Waals surface area contributed by atoms with Crippen LogP contribution in [0.5, 0.6) is 0 Å². The maximum absolute atomic E-state index is 6.26. The predicted octanol–water partition coefficient (Wildman–Crippen LogP) is 3.42. The molecule has 1 fully saturated rings. The van der Waals surface area contributed by atoms with Crippen molar-refractivity contribution in [2.75, 3.05) is 57.3 Å². The van der Waals surface area contributed by atoms with Crippen molar-refractivity contribution < 1.29 is 4.57 Å². The molecule has 1 aliphatic heterocycles. The molecule has 0 radical (unpaired) electrons. The fourth-order valence-corrected chi connectivity index (χ4v) is 5.06. The van der Waals surface area contributed by atoms with Crippen LogP contribution in [0.2, 0.25) is 0 Å². The number of aryl methyl sites for hydroxylation is 1. The summed E-state index contributed by atoms with van der Waals surface area (Å²) in [6, 6.07) is 23.1. The number of pyridine rings is 1. The summed E-state index contributed by atoms with van der Waals surface area (Å²) in [4.78, 5) is 2.52. The van der Waals surface area contributed by atoms with Crippen LogP contribution in [-0.2, 0) is 6.54 Å². The van der Waals surface area contributed by atoms with Crippen LogP contribution < -0.4 is 26.7 Å². The number of nitrogens with one attached hydrogen (secondary N) is 2. The molecule has 35 heavy (non-hydrogen) atoms. The molecular formula is C28H36ClN6+. The lowest BCUT2D eigenvalue weighted by molar-refractivity contribution is -0.659. The maximum Gasteiger partial charge on any atom is 0.220 e. The average molecular weight is 492 g/mol. The molecule has 0 atom stereocenters. The Morgan fingerprint density at radius 3 is 2.31 bits per heavy atom. The number of rotatable bonds is 8. The number of piperazine rings is 1. The molecule has 3 aromatic carbocycles. The van der Waals surface area contributed by atoms with Gasteiger partial charge in [0.2, 0.25) is 11.2 Å². The minimum absolute atomic E-state index is 0. The highest BCUT2D eigenvalue weighted by Crippen LogP contribution is 2.33. The van der Waals surface area contributed by atoms with Gasteiger partial charge >= 0.3 is 0 Å². The summed E-state index contributed by atoms with van der Waals surface area (Å²) in [5.41, 5.74) is 17.6. The molecule has 1 saturated heterocycles. The molecular weight excluding hydrogens is 456 g/mol. The fraction of sp³-hybridized carbons (Fsp3) is 0.321. The molecule has 7 heteroatoms. The van der Waals surface area contributed by atoms with Crippen molar-refractivity contribution >= 4 is 45.5 Å². The molecule has 0 spiro atoms. The highest BCUT2D eigenvalue weighted by Gasteiger charge is 2.23. The van der Waals surface area contributed by atoms with Crippen LogP contribution in [0.1, 0.15) is 6.42 Å². The second-order valence-corrected chi connectivity index (χ2v) is 9.14. The third-order valence-electron chi connectivity index (χ3n) is 6.77. The van der Waals surface area contributed by atoms with E-state index in [1.54, 1.807) is 0 Å². The van der Waals surface area contributed by atoms with Crippen LogP contribution in [0.25, 0.3) is 32.9 Å². The third-order valence-corrected chi connectivity index (χ3v) is 6.77. The summed E-state index contributed by atoms with van der Waals surface area (Å²) >= 11 is 0. The van der Waals surface area contributed by atoms with Gasteiger partial charge in [0, 0.05) is 80.6 Å². The van der Waals surface area contributed by atoms with Crippen LogP contribution in [0, 0.1) is 0 Å². The van der Waals surface area contributed by atoms with Gasteiger partial charge in [-0.15, -0.1) is 12.4 Å². The number of halogens is 1. The zero-order valence-electron chi connectivity index (χ0n) is 20.2. The van der Waals surface area contributed by atoms with E-state index in [0.717, 1.165) is 75.7 Å². The first-order chi connectivity index (χ1) is 16.7. The Kier molecular flexibility index (Phi) is 8.42. The lowest BCUT2D eigenvalue weighted by Crippen LogP contribution is -2.46. The van der Waals surface area contributed by atoms with Gasteiger partial charge in [-0.05, 0) is 36.4 Å². The molecule has 184 valence electrons. The van der Waals surface area contributed by atoms with Gasteiger partial charge in [0.15, 0.2) is 6.54 Å². The molecule has 1 aromatic heterocycles. The molecule has 4 aromatic rings. The Labute approximate surface area is 213 Å². The van der Waals surface area contributed by atoms with Gasteiger partial charge in [-0.1, -0.05) is 24.3 Å². The van der Waals surface area contributed by atoms with E-state index in [4.69, 9.17) is 11.5 Å². The van der Waals surface area contributed by atoms with Crippen molar-refractivity contribution in [2.45, 2.75) is 13.0 Å². The number of nitrogens with zero attached hydrogens (tertiary/aromatic N) is 2. The molecule has 0 unspecified atom stereocenters. The van der Waals surface area contributed by atoms with Gasteiger partial charge < -0.3 is 22.1 Å². The van der Waals surface area contributed by atoms with Crippen molar-refractivity contribution in [1.29, 1.82) is 0 Å². The number of nitrogens with two attached hydrogens (primary N) is 2. The average Bonchev–Trinajstić information content (AvgIpc) is 2.87. The Bertz CT molecular complexity index is 1270. The first-order valence-corrected chi connectivity index (χ1v) is 12.3. The quantitative estimate of drug-likeness (QED) is 0.131. The molecule has 0 aliphatic carbocycles. The summed E-state index contributed by atoms with van der Waals surface area (Å²) in [5, 5.41) is 10.6. The van der Waals surface area contributed by atoms with E-state index in [2.05, 4.69) is 74.7 Å². The first kappa shape index (κ1) is 25.2. The first-order valence-electron chi connectivity index (χ1n) is 12.3. The standard InChI is InChI=1S/C28H34N6.ClH/c29-22-7-9-24-25-10-8-23(30)20-27(25)34(28(26(24)19-22)21-5-2-1-3-6-21)15-4-11-31-12-16-33-17-13-32-14-18-33;/h1-3,5-10,19-20,30-32H,4,11-18,29H2;1H/p+1. The minimum atomic E-state index is 0. The Morgan fingerprint density at radius 1 is 0.829 bits per heavy atom. The molecule has 0 bridgehead atoms. The summed E-state index contributed by atoms with van der Waals surface area (Å²) in [6.07, 6.45) is 1.03. The highest BCUT2D eigenvalue weighted by molar-refractivity contribution is 6.10. The summed E-state index contributed by atoms with van der Waals surface area (Å²) < 4.78 is 2.43. The largest absolute Gasteiger partial charge is 0.399 e. The number of fused-ring (bicyclic) bond motifs is 3. The normalized spacial score (nSPS) is 14.3. The van der Waals surface area contributed by atoms with Crippen LogP contribution >= 0.6 is 12.4 Å². The van der Waals surface area contributed by atoms with Gasteiger partial charge in [-0.2, -0.15) is 4.57 Å². The number of hydrogen-bond acceptors (Lipinski definition) is 5. The highest BCUT2D eigenvalue weighted by atomic mass is 35.5. The van der Waals surface area contributed by atoms with Crippen LogP contribution in [0.4, 0.5) is 11.4 Å². The summed E-state index contributed by atoms with van der Waals surface area (Å²) in [6.45, 7) is 8.50. The van der Waals surface area contributed by atoms with E-state index in [1.165, 1.54) is 27.4 Å². The maximum atomic E-state index is 6.26. The molecule has 0 amide bonds. The molecule has 6 N–H and O–H groups in total. The van der Waals surface area contributed by atoms with Crippen LogP contribution in [0.15, 0.2) is 66.7 Å². The second-order valence-electron chi connectivity index (χ2n) is 9.14. The Morgan fingerprint density at radius 2 is 1.54 bits per heavy atom. The van der Waals surface area contributed by atoms with Crippen molar-refractivity contribution in [2.24, 2.45) is 0 Å². The van der Waals surface area contributed by atoms with E-state index in [0.29, 0.717) is 0 Å². The zero-order chi connectivity index (χ0) is 23.3.